The zero-order valence-corrected chi connectivity index (χ0v) is 12.8. The van der Waals surface area contributed by atoms with Crippen LogP contribution >= 0.6 is 45.2 Å². The van der Waals surface area contributed by atoms with Gasteiger partial charge in [-0.25, -0.2) is 0 Å². The highest BCUT2D eigenvalue weighted by Crippen LogP contribution is 2.51. The molecule has 0 spiro atoms. The van der Waals surface area contributed by atoms with Crippen LogP contribution in [0.4, 0.5) is 8.78 Å². The quantitative estimate of drug-likeness (QED) is 0.491. The van der Waals surface area contributed by atoms with Gasteiger partial charge in [-0.05, 0) is 80.6 Å². The summed E-state index contributed by atoms with van der Waals surface area (Å²) in [7, 11) is 0. The summed E-state index contributed by atoms with van der Waals surface area (Å²) >= 11 is 4.12. The van der Waals surface area contributed by atoms with E-state index in [1.165, 1.54) is 0 Å². The van der Waals surface area contributed by atoms with Crippen molar-refractivity contribution in [2.24, 2.45) is 0 Å². The van der Waals surface area contributed by atoms with E-state index in [0.29, 0.717) is 11.1 Å². The van der Waals surface area contributed by atoms with Crippen molar-refractivity contribution in [2.45, 2.75) is 5.92 Å². The molecule has 0 heterocycles. The summed E-state index contributed by atoms with van der Waals surface area (Å²) in [6.07, 6.45) is 0. The Morgan fingerprint density at radius 1 is 0.765 bits per heavy atom. The van der Waals surface area contributed by atoms with E-state index in [1.807, 2.05) is 12.1 Å². The van der Waals surface area contributed by atoms with E-state index < -0.39 is 5.92 Å². The highest BCUT2D eigenvalue weighted by atomic mass is 127. The fourth-order valence-electron chi connectivity index (χ4n) is 2.17. The summed E-state index contributed by atoms with van der Waals surface area (Å²) < 4.78 is 30.2. The number of benzene rings is 2. The van der Waals surface area contributed by atoms with Crippen molar-refractivity contribution in [3.8, 4) is 11.1 Å². The molecule has 0 atom stereocenters. The zero-order valence-electron chi connectivity index (χ0n) is 8.48. The van der Waals surface area contributed by atoms with Crippen LogP contribution in [0.3, 0.4) is 0 Å². The highest BCUT2D eigenvalue weighted by molar-refractivity contribution is 14.1. The largest absolute Gasteiger partial charge is 0.299 e. The third-order valence-corrected chi connectivity index (χ3v) is 4.27. The average Bonchev–Trinajstić information content (AvgIpc) is 2.49. The standard InChI is InChI=1S/C13H6F2I2/c14-13(15)11-5-7(16)1-3-9(11)10-4-2-8(17)6-12(10)13/h1-6H. The van der Waals surface area contributed by atoms with Gasteiger partial charge >= 0.3 is 0 Å². The molecule has 0 aliphatic heterocycles. The highest BCUT2D eigenvalue weighted by Gasteiger charge is 2.44. The number of halogens is 4. The van der Waals surface area contributed by atoms with E-state index in [1.54, 1.807) is 24.3 Å². The molecule has 0 unspecified atom stereocenters. The van der Waals surface area contributed by atoms with Crippen molar-refractivity contribution in [3.63, 3.8) is 0 Å². The summed E-state index contributed by atoms with van der Waals surface area (Å²) in [5.41, 5.74) is 1.56. The molecule has 0 nitrogen and oxygen atoms in total. The van der Waals surface area contributed by atoms with Crippen LogP contribution in [0.25, 0.3) is 11.1 Å². The minimum Gasteiger partial charge on any atom is -0.196 e. The van der Waals surface area contributed by atoms with E-state index in [2.05, 4.69) is 45.2 Å². The molecule has 0 aromatic heterocycles. The molecule has 1 aliphatic rings. The molecule has 17 heavy (non-hydrogen) atoms. The van der Waals surface area contributed by atoms with Crippen molar-refractivity contribution >= 4 is 45.2 Å². The van der Waals surface area contributed by atoms with Crippen LogP contribution in [-0.2, 0) is 5.92 Å². The minimum atomic E-state index is -2.87. The number of alkyl halides is 2. The molecule has 0 bridgehead atoms. The van der Waals surface area contributed by atoms with Crippen LogP contribution in [0.5, 0.6) is 0 Å². The first kappa shape index (κ1) is 11.8. The van der Waals surface area contributed by atoms with Gasteiger partial charge in [0.15, 0.2) is 0 Å². The third kappa shape index (κ3) is 1.71. The number of fused-ring (bicyclic) bond motifs is 3. The first-order valence-corrected chi connectivity index (χ1v) is 7.14. The Kier molecular flexibility index (Phi) is 2.70. The van der Waals surface area contributed by atoms with Crippen molar-refractivity contribution in [3.05, 3.63) is 54.7 Å². The molecule has 4 heteroatoms. The molecule has 0 fully saturated rings. The van der Waals surface area contributed by atoms with Gasteiger partial charge in [-0.1, -0.05) is 12.1 Å². The maximum atomic E-state index is 14.3. The van der Waals surface area contributed by atoms with Crippen LogP contribution < -0.4 is 0 Å². The summed E-state index contributed by atoms with van der Waals surface area (Å²) in [6, 6.07) is 10.4. The van der Waals surface area contributed by atoms with E-state index in [4.69, 9.17) is 0 Å². The fraction of sp³-hybridized carbons (Fsp3) is 0.0769. The molecule has 0 saturated heterocycles. The Bertz CT molecular complexity index is 567. The molecule has 0 saturated carbocycles. The molecule has 0 radical (unpaired) electrons. The Labute approximate surface area is 125 Å². The molecule has 3 rings (SSSR count). The molecule has 2 aromatic carbocycles. The molecule has 0 amide bonds. The van der Waals surface area contributed by atoms with Gasteiger partial charge in [0.2, 0.25) is 0 Å². The molecule has 0 N–H and O–H groups in total. The van der Waals surface area contributed by atoms with Crippen molar-refractivity contribution in [1.82, 2.24) is 0 Å². The molecular weight excluding hydrogens is 448 g/mol. The Balaban J connectivity index is 2.37. The number of rotatable bonds is 0. The van der Waals surface area contributed by atoms with Crippen LogP contribution in [0.1, 0.15) is 11.1 Å². The number of hydrogen-bond donors (Lipinski definition) is 0. The van der Waals surface area contributed by atoms with Gasteiger partial charge < -0.3 is 0 Å². The van der Waals surface area contributed by atoms with Crippen LogP contribution in [-0.4, -0.2) is 0 Å². The lowest BCUT2D eigenvalue weighted by Crippen LogP contribution is -2.11. The van der Waals surface area contributed by atoms with Gasteiger partial charge in [0.1, 0.15) is 0 Å². The first-order chi connectivity index (χ1) is 8.00. The second kappa shape index (κ2) is 3.88. The van der Waals surface area contributed by atoms with Gasteiger partial charge in [0.25, 0.3) is 5.92 Å². The number of hydrogen-bond acceptors (Lipinski definition) is 0. The Morgan fingerprint density at radius 2 is 1.18 bits per heavy atom. The minimum absolute atomic E-state index is 0.126. The van der Waals surface area contributed by atoms with Crippen LogP contribution in [0, 0.1) is 7.14 Å². The van der Waals surface area contributed by atoms with Crippen molar-refractivity contribution in [1.29, 1.82) is 0 Å². The predicted molar refractivity (Wildman–Crippen MR) is 80.3 cm³/mol. The van der Waals surface area contributed by atoms with E-state index in [-0.39, 0.29) is 11.1 Å². The molecule has 1 aliphatic carbocycles. The second-order valence-electron chi connectivity index (χ2n) is 3.95. The van der Waals surface area contributed by atoms with E-state index >= 15 is 0 Å². The SMILES string of the molecule is FC1(F)c2cc(I)ccc2-c2ccc(I)cc21. The maximum Gasteiger partial charge on any atom is 0.299 e. The van der Waals surface area contributed by atoms with E-state index in [0.717, 1.165) is 7.14 Å². The summed E-state index contributed by atoms with van der Waals surface area (Å²) in [4.78, 5) is 0. The summed E-state index contributed by atoms with van der Waals surface area (Å²) in [5, 5.41) is 0. The monoisotopic (exact) mass is 454 g/mol. The lowest BCUT2D eigenvalue weighted by Gasteiger charge is -2.12. The predicted octanol–water partition coefficient (Wildman–Crippen LogP) is 5.02. The summed E-state index contributed by atoms with van der Waals surface area (Å²) in [6.45, 7) is 0. The average molecular weight is 454 g/mol. The van der Waals surface area contributed by atoms with Gasteiger partial charge in [-0.15, -0.1) is 0 Å². The van der Waals surface area contributed by atoms with Crippen LogP contribution in [0.15, 0.2) is 36.4 Å². The Hall–Kier alpha value is -0.240. The fourth-order valence-corrected chi connectivity index (χ4v) is 3.15. The maximum absolute atomic E-state index is 14.3. The van der Waals surface area contributed by atoms with Gasteiger partial charge in [0, 0.05) is 18.3 Å². The topological polar surface area (TPSA) is 0 Å². The van der Waals surface area contributed by atoms with Crippen molar-refractivity contribution in [2.75, 3.05) is 0 Å². The third-order valence-electron chi connectivity index (χ3n) is 2.93. The summed E-state index contributed by atoms with van der Waals surface area (Å²) in [5.74, 6) is -2.87. The zero-order chi connectivity index (χ0) is 12.2. The van der Waals surface area contributed by atoms with Gasteiger partial charge in [0.05, 0.1) is 0 Å². The first-order valence-electron chi connectivity index (χ1n) is 4.98. The van der Waals surface area contributed by atoms with Gasteiger partial charge in [-0.3, -0.25) is 0 Å². The normalized spacial score (nSPS) is 15.5. The van der Waals surface area contributed by atoms with Gasteiger partial charge in [-0.2, -0.15) is 8.78 Å². The lowest BCUT2D eigenvalue weighted by atomic mass is 10.1. The lowest BCUT2D eigenvalue weighted by molar-refractivity contribution is 0.0479. The molecular formula is C13H6F2I2. The Morgan fingerprint density at radius 3 is 1.59 bits per heavy atom. The molecule has 2 aromatic rings. The smallest absolute Gasteiger partial charge is 0.196 e. The molecule has 86 valence electrons. The second-order valence-corrected chi connectivity index (χ2v) is 6.45. The van der Waals surface area contributed by atoms with E-state index in [9.17, 15) is 8.78 Å². The van der Waals surface area contributed by atoms with Crippen molar-refractivity contribution < 1.29 is 8.78 Å². The van der Waals surface area contributed by atoms with Crippen LogP contribution in [0.2, 0.25) is 0 Å².